The van der Waals surface area contributed by atoms with E-state index in [0.717, 1.165) is 23.4 Å². The molecule has 18 heavy (non-hydrogen) atoms. The van der Waals surface area contributed by atoms with Crippen molar-refractivity contribution in [2.24, 2.45) is 5.92 Å². The number of nitrogens with one attached hydrogen (secondary N) is 1. The normalized spacial score (nSPS) is 14.8. The Kier molecular flexibility index (Phi) is 6.69. The second-order valence-corrected chi connectivity index (χ2v) is 5.27. The maximum absolute atomic E-state index is 10.1. The summed E-state index contributed by atoms with van der Waals surface area (Å²) in [5.41, 5.74) is 1.15. The first-order valence-corrected chi connectivity index (χ1v) is 7.13. The van der Waals surface area contributed by atoms with Gasteiger partial charge >= 0.3 is 0 Å². The first kappa shape index (κ1) is 15.5. The Morgan fingerprint density at radius 2 is 1.94 bits per heavy atom. The lowest BCUT2D eigenvalue weighted by Crippen LogP contribution is -2.33. The zero-order valence-corrected chi connectivity index (χ0v) is 12.2. The molecular formula is C15H24ClNO. The van der Waals surface area contributed by atoms with Gasteiger partial charge in [0, 0.05) is 17.6 Å². The van der Waals surface area contributed by atoms with Crippen molar-refractivity contribution < 1.29 is 5.11 Å². The summed E-state index contributed by atoms with van der Waals surface area (Å²) in [5, 5.41) is 14.2. The summed E-state index contributed by atoms with van der Waals surface area (Å²) in [6.45, 7) is 6.96. The molecule has 0 aliphatic carbocycles. The van der Waals surface area contributed by atoms with Crippen LogP contribution in [0.25, 0.3) is 0 Å². The van der Waals surface area contributed by atoms with Crippen LogP contribution < -0.4 is 5.32 Å². The third-order valence-corrected chi connectivity index (χ3v) is 3.81. The lowest BCUT2D eigenvalue weighted by atomic mass is 9.96. The summed E-state index contributed by atoms with van der Waals surface area (Å²) in [5.74, 6) is 0.379. The molecule has 2 unspecified atom stereocenters. The first-order valence-electron chi connectivity index (χ1n) is 6.75. The molecular weight excluding hydrogens is 246 g/mol. The van der Waals surface area contributed by atoms with E-state index in [4.69, 9.17) is 11.6 Å². The van der Waals surface area contributed by atoms with Gasteiger partial charge in [0.15, 0.2) is 0 Å². The van der Waals surface area contributed by atoms with E-state index in [0.29, 0.717) is 12.5 Å². The highest BCUT2D eigenvalue weighted by molar-refractivity contribution is 6.30. The van der Waals surface area contributed by atoms with Crippen molar-refractivity contribution in [2.45, 2.75) is 45.8 Å². The molecule has 0 amide bonds. The van der Waals surface area contributed by atoms with Crippen LogP contribution in [0.1, 0.15) is 45.2 Å². The highest BCUT2D eigenvalue weighted by atomic mass is 35.5. The molecule has 0 radical (unpaired) electrons. The van der Waals surface area contributed by atoms with E-state index in [1.165, 1.54) is 0 Å². The monoisotopic (exact) mass is 269 g/mol. The summed E-state index contributed by atoms with van der Waals surface area (Å²) < 4.78 is 0. The van der Waals surface area contributed by atoms with Crippen molar-refractivity contribution in [3.8, 4) is 0 Å². The lowest BCUT2D eigenvalue weighted by Gasteiger charge is -2.23. The van der Waals surface area contributed by atoms with Crippen LogP contribution in [-0.2, 0) is 0 Å². The molecule has 2 atom stereocenters. The molecule has 0 bridgehead atoms. The van der Waals surface area contributed by atoms with E-state index in [-0.39, 0.29) is 12.1 Å². The van der Waals surface area contributed by atoms with Crippen LogP contribution in [0.2, 0.25) is 5.02 Å². The van der Waals surface area contributed by atoms with Crippen LogP contribution in [0.4, 0.5) is 0 Å². The molecule has 2 nitrogen and oxygen atoms in total. The fourth-order valence-corrected chi connectivity index (χ4v) is 2.39. The summed E-state index contributed by atoms with van der Waals surface area (Å²) in [7, 11) is 0. The Labute approximate surface area is 115 Å². The molecule has 0 heterocycles. The summed E-state index contributed by atoms with van der Waals surface area (Å²) >= 11 is 5.97. The van der Waals surface area contributed by atoms with Crippen molar-refractivity contribution in [2.75, 3.05) is 6.54 Å². The highest BCUT2D eigenvalue weighted by Gasteiger charge is 2.16. The molecule has 1 rings (SSSR count). The third kappa shape index (κ3) is 4.60. The van der Waals surface area contributed by atoms with Crippen molar-refractivity contribution in [3.63, 3.8) is 0 Å². The maximum atomic E-state index is 10.1. The maximum Gasteiger partial charge on any atom is 0.0692 e. The number of rotatable bonds is 7. The Balaban J connectivity index is 2.48. The predicted octanol–water partition coefficient (Wildman–Crippen LogP) is 3.79. The van der Waals surface area contributed by atoms with E-state index < -0.39 is 0 Å². The van der Waals surface area contributed by atoms with E-state index in [2.05, 4.69) is 26.1 Å². The van der Waals surface area contributed by atoms with Gasteiger partial charge in [-0.2, -0.15) is 0 Å². The van der Waals surface area contributed by atoms with Crippen LogP contribution >= 0.6 is 11.6 Å². The highest BCUT2D eigenvalue weighted by Crippen LogP contribution is 2.18. The van der Waals surface area contributed by atoms with Gasteiger partial charge in [0.25, 0.3) is 0 Å². The van der Waals surface area contributed by atoms with Crippen LogP contribution in [-0.4, -0.2) is 17.8 Å². The molecule has 2 N–H and O–H groups in total. The molecule has 1 aromatic carbocycles. The Morgan fingerprint density at radius 3 is 2.50 bits per heavy atom. The number of hydrogen-bond donors (Lipinski definition) is 2. The van der Waals surface area contributed by atoms with E-state index in [1.807, 2.05) is 24.3 Å². The molecule has 1 aromatic rings. The number of hydrogen-bond acceptors (Lipinski definition) is 2. The van der Waals surface area contributed by atoms with Gasteiger partial charge in [-0.15, -0.1) is 0 Å². The van der Waals surface area contributed by atoms with Gasteiger partial charge in [0.05, 0.1) is 6.10 Å². The molecule has 0 fully saturated rings. The Morgan fingerprint density at radius 1 is 1.28 bits per heavy atom. The van der Waals surface area contributed by atoms with E-state index in [9.17, 15) is 5.11 Å². The Hall–Kier alpha value is -0.570. The number of benzene rings is 1. The molecule has 0 spiro atoms. The van der Waals surface area contributed by atoms with Crippen molar-refractivity contribution in [1.82, 2.24) is 5.32 Å². The van der Waals surface area contributed by atoms with Gasteiger partial charge in [-0.05, 0) is 30.5 Å². The van der Waals surface area contributed by atoms with Gasteiger partial charge in [-0.1, -0.05) is 50.4 Å². The molecule has 0 aromatic heterocycles. The minimum atomic E-state index is -0.276. The van der Waals surface area contributed by atoms with Crippen LogP contribution in [0.3, 0.4) is 0 Å². The van der Waals surface area contributed by atoms with Crippen molar-refractivity contribution in [3.05, 3.63) is 34.9 Å². The topological polar surface area (TPSA) is 32.3 Å². The zero-order chi connectivity index (χ0) is 13.5. The second kappa shape index (κ2) is 7.78. The molecule has 102 valence electrons. The van der Waals surface area contributed by atoms with Crippen molar-refractivity contribution >= 4 is 11.6 Å². The minimum absolute atomic E-state index is 0.202. The van der Waals surface area contributed by atoms with Gasteiger partial charge in [0.2, 0.25) is 0 Å². The lowest BCUT2D eigenvalue weighted by molar-refractivity contribution is 0.0989. The van der Waals surface area contributed by atoms with Crippen LogP contribution in [0.15, 0.2) is 24.3 Å². The number of aliphatic hydroxyl groups is 1. The average molecular weight is 270 g/mol. The molecule has 0 aliphatic rings. The van der Waals surface area contributed by atoms with Crippen LogP contribution in [0.5, 0.6) is 0 Å². The largest absolute Gasteiger partial charge is 0.392 e. The third-order valence-electron chi connectivity index (χ3n) is 3.57. The predicted molar refractivity (Wildman–Crippen MR) is 77.9 cm³/mol. The summed E-state index contributed by atoms with van der Waals surface area (Å²) in [4.78, 5) is 0. The van der Waals surface area contributed by atoms with E-state index >= 15 is 0 Å². The standard InChI is InChI=1S/C15H24ClNO/c1-4-12(5-2)15(18)10-17-11(3)13-7-6-8-14(16)9-13/h6-9,11-12,15,17-18H,4-5,10H2,1-3H3. The molecule has 0 saturated heterocycles. The number of halogens is 1. The quantitative estimate of drug-likeness (QED) is 0.789. The van der Waals surface area contributed by atoms with Gasteiger partial charge in [-0.25, -0.2) is 0 Å². The molecule has 3 heteroatoms. The molecule has 0 aliphatic heterocycles. The molecule has 0 saturated carbocycles. The zero-order valence-electron chi connectivity index (χ0n) is 11.5. The fourth-order valence-electron chi connectivity index (χ4n) is 2.19. The average Bonchev–Trinajstić information content (AvgIpc) is 2.37. The fraction of sp³-hybridized carbons (Fsp3) is 0.600. The smallest absolute Gasteiger partial charge is 0.0692 e. The minimum Gasteiger partial charge on any atom is -0.392 e. The Bertz CT molecular complexity index is 352. The van der Waals surface area contributed by atoms with E-state index in [1.54, 1.807) is 0 Å². The second-order valence-electron chi connectivity index (χ2n) is 4.83. The summed E-state index contributed by atoms with van der Waals surface area (Å²) in [6.07, 6.45) is 1.76. The summed E-state index contributed by atoms with van der Waals surface area (Å²) in [6, 6.07) is 8.03. The first-order chi connectivity index (χ1) is 8.58. The SMILES string of the molecule is CCC(CC)C(O)CNC(C)c1cccc(Cl)c1. The van der Waals surface area contributed by atoms with Gasteiger partial charge in [0.1, 0.15) is 0 Å². The number of aliphatic hydroxyl groups excluding tert-OH is 1. The van der Waals surface area contributed by atoms with Crippen molar-refractivity contribution in [1.29, 1.82) is 0 Å². The van der Waals surface area contributed by atoms with Gasteiger partial charge < -0.3 is 10.4 Å². The van der Waals surface area contributed by atoms with Gasteiger partial charge in [-0.3, -0.25) is 0 Å². The van der Waals surface area contributed by atoms with Crippen LogP contribution in [0, 0.1) is 5.92 Å².